The SMILES string of the molecule is CC(C)C(=O)N1CCC(C(=O)N[C@@H](CO)C(=O)O)CC1. The van der Waals surface area contributed by atoms with Gasteiger partial charge in [0.2, 0.25) is 11.8 Å². The number of carbonyl (C=O) groups is 3. The fraction of sp³-hybridized carbons (Fsp3) is 0.769. The molecule has 2 amide bonds. The van der Waals surface area contributed by atoms with Crippen molar-refractivity contribution in [2.75, 3.05) is 19.7 Å². The molecule has 0 aromatic heterocycles. The maximum atomic E-state index is 11.9. The average Bonchev–Trinajstić information content (AvgIpc) is 2.43. The number of carbonyl (C=O) groups excluding carboxylic acids is 2. The Morgan fingerprint density at radius 2 is 1.80 bits per heavy atom. The number of nitrogens with one attached hydrogen (secondary N) is 1. The van der Waals surface area contributed by atoms with Crippen molar-refractivity contribution < 1.29 is 24.6 Å². The Labute approximate surface area is 117 Å². The first-order valence-corrected chi connectivity index (χ1v) is 6.79. The molecule has 3 N–H and O–H groups in total. The molecule has 1 aliphatic rings. The minimum Gasteiger partial charge on any atom is -0.480 e. The van der Waals surface area contributed by atoms with Gasteiger partial charge in [0.15, 0.2) is 0 Å². The molecule has 1 heterocycles. The molecule has 0 aromatic carbocycles. The summed E-state index contributed by atoms with van der Waals surface area (Å²) in [6.07, 6.45) is 1.03. The number of carboxylic acid groups (broad SMARTS) is 1. The van der Waals surface area contributed by atoms with Crippen LogP contribution in [0.5, 0.6) is 0 Å². The Kier molecular flexibility index (Phi) is 5.94. The molecule has 1 atom stereocenters. The normalized spacial score (nSPS) is 17.9. The molecule has 0 saturated carbocycles. The quantitative estimate of drug-likeness (QED) is 0.628. The van der Waals surface area contributed by atoms with Crippen molar-refractivity contribution in [3.8, 4) is 0 Å². The number of piperidine rings is 1. The van der Waals surface area contributed by atoms with Crippen LogP contribution in [0.4, 0.5) is 0 Å². The smallest absolute Gasteiger partial charge is 0.328 e. The molecule has 114 valence electrons. The van der Waals surface area contributed by atoms with Gasteiger partial charge < -0.3 is 20.4 Å². The van der Waals surface area contributed by atoms with Crippen LogP contribution in [0.3, 0.4) is 0 Å². The van der Waals surface area contributed by atoms with Crippen molar-refractivity contribution in [2.24, 2.45) is 11.8 Å². The van der Waals surface area contributed by atoms with Crippen molar-refractivity contribution in [3.05, 3.63) is 0 Å². The first-order chi connectivity index (χ1) is 9.36. The zero-order valence-electron chi connectivity index (χ0n) is 11.8. The number of nitrogens with zero attached hydrogens (tertiary/aromatic N) is 1. The lowest BCUT2D eigenvalue weighted by molar-refractivity contribution is -0.144. The lowest BCUT2D eigenvalue weighted by atomic mass is 9.95. The predicted molar refractivity (Wildman–Crippen MR) is 70.8 cm³/mol. The molecule has 1 fully saturated rings. The molecule has 1 saturated heterocycles. The third kappa shape index (κ3) is 4.19. The lowest BCUT2D eigenvalue weighted by Gasteiger charge is -2.32. The fourth-order valence-electron chi connectivity index (χ4n) is 2.20. The van der Waals surface area contributed by atoms with Crippen LogP contribution in [0.15, 0.2) is 0 Å². The summed E-state index contributed by atoms with van der Waals surface area (Å²) in [5, 5.41) is 20.0. The van der Waals surface area contributed by atoms with Crippen LogP contribution in [0, 0.1) is 11.8 Å². The minimum atomic E-state index is -1.27. The predicted octanol–water partition coefficient (Wildman–Crippen LogP) is -0.557. The highest BCUT2D eigenvalue weighted by atomic mass is 16.4. The zero-order chi connectivity index (χ0) is 15.3. The van der Waals surface area contributed by atoms with Crippen LogP contribution < -0.4 is 5.32 Å². The number of aliphatic carboxylic acids is 1. The van der Waals surface area contributed by atoms with Gasteiger partial charge in [-0.2, -0.15) is 0 Å². The van der Waals surface area contributed by atoms with E-state index in [1.54, 1.807) is 4.90 Å². The Morgan fingerprint density at radius 3 is 2.20 bits per heavy atom. The summed E-state index contributed by atoms with van der Waals surface area (Å²) >= 11 is 0. The van der Waals surface area contributed by atoms with Gasteiger partial charge in [-0.15, -0.1) is 0 Å². The Hall–Kier alpha value is -1.63. The van der Waals surface area contributed by atoms with E-state index in [1.807, 2.05) is 13.8 Å². The van der Waals surface area contributed by atoms with Crippen LogP contribution in [0.1, 0.15) is 26.7 Å². The van der Waals surface area contributed by atoms with E-state index in [4.69, 9.17) is 10.2 Å². The molecule has 1 aliphatic heterocycles. The standard InChI is InChI=1S/C13H22N2O5/c1-8(2)12(18)15-5-3-9(4-6-15)11(17)14-10(7-16)13(19)20/h8-10,16H,3-7H2,1-2H3,(H,14,17)(H,19,20)/t10-/m0/s1. The van der Waals surface area contributed by atoms with Crippen molar-refractivity contribution >= 4 is 17.8 Å². The number of amides is 2. The van der Waals surface area contributed by atoms with E-state index in [0.29, 0.717) is 25.9 Å². The maximum absolute atomic E-state index is 11.9. The first-order valence-electron chi connectivity index (χ1n) is 6.79. The van der Waals surface area contributed by atoms with E-state index in [-0.39, 0.29) is 23.7 Å². The highest BCUT2D eigenvalue weighted by molar-refractivity contribution is 5.85. The average molecular weight is 286 g/mol. The van der Waals surface area contributed by atoms with E-state index in [2.05, 4.69) is 5.32 Å². The summed E-state index contributed by atoms with van der Waals surface area (Å²) in [5.41, 5.74) is 0. The molecule has 0 aliphatic carbocycles. The van der Waals surface area contributed by atoms with Crippen LogP contribution in [0.2, 0.25) is 0 Å². The van der Waals surface area contributed by atoms with Gasteiger partial charge in [-0.05, 0) is 12.8 Å². The number of likely N-dealkylation sites (tertiary alicyclic amines) is 1. The maximum Gasteiger partial charge on any atom is 0.328 e. The number of hydrogen-bond acceptors (Lipinski definition) is 4. The second-order valence-electron chi connectivity index (χ2n) is 5.34. The molecular formula is C13H22N2O5. The number of carboxylic acids is 1. The van der Waals surface area contributed by atoms with Crippen LogP contribution in [-0.2, 0) is 14.4 Å². The van der Waals surface area contributed by atoms with Crippen molar-refractivity contribution in [2.45, 2.75) is 32.7 Å². The molecular weight excluding hydrogens is 264 g/mol. The third-order valence-corrected chi connectivity index (χ3v) is 3.47. The largest absolute Gasteiger partial charge is 0.480 e. The topological polar surface area (TPSA) is 107 Å². The zero-order valence-corrected chi connectivity index (χ0v) is 11.8. The number of aliphatic hydroxyl groups is 1. The van der Waals surface area contributed by atoms with Gasteiger partial charge in [-0.1, -0.05) is 13.8 Å². The summed E-state index contributed by atoms with van der Waals surface area (Å²) < 4.78 is 0. The molecule has 0 bridgehead atoms. The van der Waals surface area contributed by atoms with E-state index in [1.165, 1.54) is 0 Å². The summed E-state index contributed by atoms with van der Waals surface area (Å²) in [5.74, 6) is -1.93. The summed E-state index contributed by atoms with van der Waals surface area (Å²) in [7, 11) is 0. The molecule has 0 aromatic rings. The van der Waals surface area contributed by atoms with Crippen molar-refractivity contribution in [1.29, 1.82) is 0 Å². The summed E-state index contributed by atoms with van der Waals surface area (Å²) in [4.78, 5) is 36.2. The van der Waals surface area contributed by atoms with Crippen molar-refractivity contribution in [1.82, 2.24) is 10.2 Å². The van der Waals surface area contributed by atoms with Gasteiger partial charge in [0.05, 0.1) is 6.61 Å². The van der Waals surface area contributed by atoms with Crippen LogP contribution in [0.25, 0.3) is 0 Å². The molecule has 0 radical (unpaired) electrons. The van der Waals surface area contributed by atoms with Gasteiger partial charge >= 0.3 is 5.97 Å². The highest BCUT2D eigenvalue weighted by Crippen LogP contribution is 2.19. The van der Waals surface area contributed by atoms with Gasteiger partial charge in [0.1, 0.15) is 6.04 Å². The van der Waals surface area contributed by atoms with Gasteiger partial charge in [-0.3, -0.25) is 9.59 Å². The second-order valence-corrected chi connectivity index (χ2v) is 5.34. The molecule has 1 rings (SSSR count). The van der Waals surface area contributed by atoms with Crippen molar-refractivity contribution in [3.63, 3.8) is 0 Å². The Morgan fingerprint density at radius 1 is 1.25 bits per heavy atom. The van der Waals surface area contributed by atoms with Gasteiger partial charge in [0, 0.05) is 24.9 Å². The highest BCUT2D eigenvalue weighted by Gasteiger charge is 2.30. The van der Waals surface area contributed by atoms with E-state index in [0.717, 1.165) is 0 Å². The van der Waals surface area contributed by atoms with Gasteiger partial charge in [0.25, 0.3) is 0 Å². The fourth-order valence-corrected chi connectivity index (χ4v) is 2.20. The van der Waals surface area contributed by atoms with Crippen LogP contribution in [-0.4, -0.2) is 58.6 Å². The molecule has 0 spiro atoms. The Balaban J connectivity index is 2.47. The van der Waals surface area contributed by atoms with Crippen LogP contribution >= 0.6 is 0 Å². The molecule has 7 heteroatoms. The van der Waals surface area contributed by atoms with E-state index < -0.39 is 18.6 Å². The molecule has 0 unspecified atom stereocenters. The van der Waals surface area contributed by atoms with E-state index >= 15 is 0 Å². The second kappa shape index (κ2) is 7.23. The first kappa shape index (κ1) is 16.4. The summed E-state index contributed by atoms with van der Waals surface area (Å²) in [6, 6.07) is -1.27. The molecule has 7 nitrogen and oxygen atoms in total. The lowest BCUT2D eigenvalue weighted by Crippen LogP contribution is -2.49. The minimum absolute atomic E-state index is 0.0637. The monoisotopic (exact) mass is 286 g/mol. The summed E-state index contributed by atoms with van der Waals surface area (Å²) in [6.45, 7) is 4.04. The molecule has 20 heavy (non-hydrogen) atoms. The van der Waals surface area contributed by atoms with Gasteiger partial charge in [-0.25, -0.2) is 4.79 Å². The third-order valence-electron chi connectivity index (χ3n) is 3.47. The number of aliphatic hydroxyl groups excluding tert-OH is 1. The van der Waals surface area contributed by atoms with E-state index in [9.17, 15) is 14.4 Å². The number of rotatable bonds is 5. The Bertz CT molecular complexity index is 375. The number of hydrogen-bond donors (Lipinski definition) is 3.